The number of para-hydroxylation sites is 1. The van der Waals surface area contributed by atoms with Crippen LogP contribution in [0.25, 0.3) is 0 Å². The van der Waals surface area contributed by atoms with Gasteiger partial charge in [-0.15, -0.1) is 0 Å². The molecule has 0 aliphatic rings. The Labute approximate surface area is 98.3 Å². The highest BCUT2D eigenvalue weighted by Gasteiger charge is 2.17. The predicted molar refractivity (Wildman–Crippen MR) is 68.4 cm³/mol. The monoisotopic (exact) mass is 216 g/mol. The van der Waals surface area contributed by atoms with Crippen LogP contribution in [0.5, 0.6) is 0 Å². The summed E-state index contributed by atoms with van der Waals surface area (Å²) in [6.45, 7) is 8.82. The average molecular weight is 216 g/mol. The zero-order chi connectivity index (χ0) is 12.2. The number of nitrogens with zero attached hydrogens (tertiary/aromatic N) is 1. The second-order valence-corrected chi connectivity index (χ2v) is 4.81. The fourth-order valence-corrected chi connectivity index (χ4v) is 1.62. The second-order valence-electron chi connectivity index (χ2n) is 4.81. The van der Waals surface area contributed by atoms with E-state index >= 15 is 0 Å². The van der Waals surface area contributed by atoms with Gasteiger partial charge in [0, 0.05) is 12.2 Å². The summed E-state index contributed by atoms with van der Waals surface area (Å²) in [5.74, 6) is 0. The van der Waals surface area contributed by atoms with Gasteiger partial charge in [-0.25, -0.2) is 0 Å². The lowest BCUT2D eigenvalue weighted by Crippen LogP contribution is -2.21. The third-order valence-electron chi connectivity index (χ3n) is 2.75. The van der Waals surface area contributed by atoms with Gasteiger partial charge in [0.2, 0.25) is 0 Å². The standard InChI is InChI=1S/C14H20N2/c1-5-12-8-6-7-11(2)13(12)16-10-14(3,4)9-15/h6-8,16H,5,10H2,1-4H3. The Morgan fingerprint density at radius 2 is 2.06 bits per heavy atom. The van der Waals surface area contributed by atoms with E-state index in [1.807, 2.05) is 13.8 Å². The van der Waals surface area contributed by atoms with Crippen molar-refractivity contribution in [2.24, 2.45) is 5.41 Å². The average Bonchev–Trinajstić information content (AvgIpc) is 2.27. The van der Waals surface area contributed by atoms with Gasteiger partial charge in [-0.1, -0.05) is 25.1 Å². The van der Waals surface area contributed by atoms with Crippen LogP contribution in [0.4, 0.5) is 5.69 Å². The smallest absolute Gasteiger partial charge is 0.0702 e. The number of anilines is 1. The van der Waals surface area contributed by atoms with E-state index in [0.29, 0.717) is 6.54 Å². The van der Waals surface area contributed by atoms with E-state index in [0.717, 1.165) is 6.42 Å². The maximum absolute atomic E-state index is 8.98. The molecule has 0 aliphatic heterocycles. The molecule has 0 fully saturated rings. The number of nitrogens with one attached hydrogen (secondary N) is 1. The van der Waals surface area contributed by atoms with Gasteiger partial charge in [0.25, 0.3) is 0 Å². The summed E-state index contributed by atoms with van der Waals surface area (Å²) in [7, 11) is 0. The normalized spacial score (nSPS) is 10.9. The van der Waals surface area contributed by atoms with Gasteiger partial charge in [0.1, 0.15) is 0 Å². The van der Waals surface area contributed by atoms with Crippen molar-refractivity contribution in [3.63, 3.8) is 0 Å². The third-order valence-corrected chi connectivity index (χ3v) is 2.75. The highest BCUT2D eigenvalue weighted by molar-refractivity contribution is 5.57. The first-order valence-electron chi connectivity index (χ1n) is 5.74. The molecule has 16 heavy (non-hydrogen) atoms. The first-order chi connectivity index (χ1) is 7.50. The molecule has 0 spiro atoms. The first-order valence-corrected chi connectivity index (χ1v) is 5.74. The molecular weight excluding hydrogens is 196 g/mol. The lowest BCUT2D eigenvalue weighted by Gasteiger charge is -2.20. The molecule has 2 nitrogen and oxygen atoms in total. The van der Waals surface area contributed by atoms with Gasteiger partial charge >= 0.3 is 0 Å². The van der Waals surface area contributed by atoms with E-state index in [-0.39, 0.29) is 5.41 Å². The molecule has 1 N–H and O–H groups in total. The summed E-state index contributed by atoms with van der Waals surface area (Å²) in [4.78, 5) is 0. The molecular formula is C14H20N2. The molecule has 0 atom stereocenters. The van der Waals surface area contributed by atoms with Crippen molar-refractivity contribution in [1.29, 1.82) is 5.26 Å². The minimum atomic E-state index is -0.326. The van der Waals surface area contributed by atoms with E-state index in [4.69, 9.17) is 5.26 Å². The number of rotatable bonds is 4. The molecule has 0 radical (unpaired) electrons. The second kappa shape index (κ2) is 5.03. The van der Waals surface area contributed by atoms with Crippen molar-refractivity contribution < 1.29 is 0 Å². The number of nitriles is 1. The van der Waals surface area contributed by atoms with Crippen molar-refractivity contribution in [2.45, 2.75) is 34.1 Å². The molecule has 0 bridgehead atoms. The predicted octanol–water partition coefficient (Wildman–Crippen LogP) is 3.52. The van der Waals surface area contributed by atoms with Crippen LogP contribution in [-0.4, -0.2) is 6.54 Å². The fraction of sp³-hybridized carbons (Fsp3) is 0.500. The molecule has 1 rings (SSSR count). The van der Waals surface area contributed by atoms with Crippen LogP contribution in [0.2, 0.25) is 0 Å². The van der Waals surface area contributed by atoms with E-state index in [9.17, 15) is 0 Å². The van der Waals surface area contributed by atoms with Gasteiger partial charge in [-0.3, -0.25) is 0 Å². The van der Waals surface area contributed by atoms with Crippen LogP contribution in [0, 0.1) is 23.7 Å². The molecule has 1 aromatic rings. The van der Waals surface area contributed by atoms with Gasteiger partial charge in [0.05, 0.1) is 11.5 Å². The van der Waals surface area contributed by atoms with E-state index in [1.165, 1.54) is 16.8 Å². The third kappa shape index (κ3) is 3.00. The largest absolute Gasteiger partial charge is 0.383 e. The van der Waals surface area contributed by atoms with Crippen LogP contribution >= 0.6 is 0 Å². The number of benzene rings is 1. The molecule has 0 saturated heterocycles. The molecule has 1 aromatic carbocycles. The molecule has 0 amide bonds. The highest BCUT2D eigenvalue weighted by atomic mass is 14.9. The Hall–Kier alpha value is -1.49. The summed E-state index contributed by atoms with van der Waals surface area (Å²) >= 11 is 0. The minimum absolute atomic E-state index is 0.326. The quantitative estimate of drug-likeness (QED) is 0.836. The molecule has 0 heterocycles. The molecule has 2 heteroatoms. The van der Waals surface area contributed by atoms with Crippen LogP contribution in [0.3, 0.4) is 0 Å². The Morgan fingerprint density at radius 1 is 1.38 bits per heavy atom. The van der Waals surface area contributed by atoms with Gasteiger partial charge in [0.15, 0.2) is 0 Å². The number of aryl methyl sites for hydroxylation is 2. The van der Waals surface area contributed by atoms with E-state index in [1.54, 1.807) is 0 Å². The maximum Gasteiger partial charge on any atom is 0.0702 e. The van der Waals surface area contributed by atoms with Crippen LogP contribution in [0.15, 0.2) is 18.2 Å². The Kier molecular flexibility index (Phi) is 3.95. The van der Waals surface area contributed by atoms with Crippen molar-refractivity contribution in [1.82, 2.24) is 0 Å². The lowest BCUT2D eigenvalue weighted by atomic mass is 9.95. The molecule has 0 aliphatic carbocycles. The first kappa shape index (κ1) is 12.6. The van der Waals surface area contributed by atoms with Gasteiger partial charge in [-0.05, 0) is 38.3 Å². The Balaban J connectivity index is 2.86. The number of hydrogen-bond acceptors (Lipinski definition) is 2. The number of hydrogen-bond donors (Lipinski definition) is 1. The van der Waals surface area contributed by atoms with E-state index in [2.05, 4.69) is 43.4 Å². The molecule has 86 valence electrons. The van der Waals surface area contributed by atoms with Gasteiger partial charge < -0.3 is 5.32 Å². The summed E-state index contributed by atoms with van der Waals surface area (Å²) in [6.07, 6.45) is 1.01. The SMILES string of the molecule is CCc1cccc(C)c1NCC(C)(C)C#N. The molecule has 0 unspecified atom stereocenters. The Bertz CT molecular complexity index is 400. The van der Waals surface area contributed by atoms with Crippen molar-refractivity contribution in [3.8, 4) is 6.07 Å². The maximum atomic E-state index is 8.98. The minimum Gasteiger partial charge on any atom is -0.383 e. The topological polar surface area (TPSA) is 35.8 Å². The van der Waals surface area contributed by atoms with Crippen LogP contribution in [0.1, 0.15) is 31.9 Å². The summed E-state index contributed by atoms with van der Waals surface area (Å²) in [5.41, 5.74) is 3.42. The lowest BCUT2D eigenvalue weighted by molar-refractivity contribution is 0.528. The van der Waals surface area contributed by atoms with Crippen molar-refractivity contribution in [3.05, 3.63) is 29.3 Å². The highest BCUT2D eigenvalue weighted by Crippen LogP contribution is 2.23. The fourth-order valence-electron chi connectivity index (χ4n) is 1.62. The van der Waals surface area contributed by atoms with Crippen molar-refractivity contribution >= 4 is 5.69 Å². The summed E-state index contributed by atoms with van der Waals surface area (Å²) in [6, 6.07) is 8.62. The van der Waals surface area contributed by atoms with E-state index < -0.39 is 0 Å². The van der Waals surface area contributed by atoms with Gasteiger partial charge in [-0.2, -0.15) is 5.26 Å². The zero-order valence-electron chi connectivity index (χ0n) is 10.6. The molecule has 0 saturated carbocycles. The van der Waals surface area contributed by atoms with Crippen molar-refractivity contribution in [2.75, 3.05) is 11.9 Å². The zero-order valence-corrected chi connectivity index (χ0v) is 10.6. The Morgan fingerprint density at radius 3 is 2.62 bits per heavy atom. The van der Waals surface area contributed by atoms with Crippen LogP contribution in [-0.2, 0) is 6.42 Å². The summed E-state index contributed by atoms with van der Waals surface area (Å²) < 4.78 is 0. The summed E-state index contributed by atoms with van der Waals surface area (Å²) in [5, 5.41) is 12.4. The van der Waals surface area contributed by atoms with Crippen LogP contribution < -0.4 is 5.32 Å². The molecule has 0 aromatic heterocycles.